The minimum Gasteiger partial charge on any atom is -0.357 e. The van der Waals surface area contributed by atoms with E-state index >= 15 is 0 Å². The standard InChI is InChI=1S/C19H23FN6/c1-3-21-19(25(2)14-15-7-9-16(20)10-8-15)22-12-11-18-24-23-17-6-4-5-13-26(17)18/h4-10,13H,3,11-12,14H2,1-2H3,(H,21,22). The maximum absolute atomic E-state index is 13.1. The smallest absolute Gasteiger partial charge is 0.193 e. The van der Waals surface area contributed by atoms with Gasteiger partial charge in [-0.15, -0.1) is 10.2 Å². The van der Waals surface area contributed by atoms with Gasteiger partial charge in [0.1, 0.15) is 11.6 Å². The van der Waals surface area contributed by atoms with Gasteiger partial charge in [0.25, 0.3) is 0 Å². The molecule has 2 aromatic heterocycles. The molecule has 3 rings (SSSR count). The van der Waals surface area contributed by atoms with Crippen molar-refractivity contribution in [2.45, 2.75) is 19.9 Å². The molecule has 0 amide bonds. The topological polar surface area (TPSA) is 57.8 Å². The van der Waals surface area contributed by atoms with Gasteiger partial charge in [0.15, 0.2) is 11.6 Å². The number of nitrogens with zero attached hydrogens (tertiary/aromatic N) is 5. The first-order chi connectivity index (χ1) is 12.7. The molecule has 0 aliphatic rings. The number of rotatable bonds is 6. The van der Waals surface area contributed by atoms with E-state index in [4.69, 9.17) is 0 Å². The van der Waals surface area contributed by atoms with Gasteiger partial charge in [0.2, 0.25) is 0 Å². The van der Waals surface area contributed by atoms with Crippen LogP contribution in [0.3, 0.4) is 0 Å². The van der Waals surface area contributed by atoms with Gasteiger partial charge >= 0.3 is 0 Å². The van der Waals surface area contributed by atoms with Gasteiger partial charge in [-0.05, 0) is 36.8 Å². The van der Waals surface area contributed by atoms with E-state index in [-0.39, 0.29) is 5.82 Å². The average molecular weight is 354 g/mol. The molecule has 0 aliphatic heterocycles. The summed E-state index contributed by atoms with van der Waals surface area (Å²) in [5.74, 6) is 1.48. The summed E-state index contributed by atoms with van der Waals surface area (Å²) in [5.41, 5.74) is 1.87. The molecule has 0 fully saturated rings. The second-order valence-corrected chi connectivity index (χ2v) is 6.01. The van der Waals surface area contributed by atoms with Crippen molar-refractivity contribution in [3.05, 3.63) is 65.9 Å². The maximum atomic E-state index is 13.1. The van der Waals surface area contributed by atoms with Crippen LogP contribution in [0, 0.1) is 5.82 Å². The predicted octanol–water partition coefficient (Wildman–Crippen LogP) is 2.51. The molecule has 2 heterocycles. The van der Waals surface area contributed by atoms with E-state index in [1.165, 1.54) is 12.1 Å². The van der Waals surface area contributed by atoms with E-state index in [1.807, 2.05) is 47.7 Å². The van der Waals surface area contributed by atoms with Crippen molar-refractivity contribution >= 4 is 11.6 Å². The zero-order chi connectivity index (χ0) is 18.4. The minimum atomic E-state index is -0.225. The van der Waals surface area contributed by atoms with Crippen LogP contribution in [0.1, 0.15) is 18.3 Å². The van der Waals surface area contributed by atoms with Gasteiger partial charge in [-0.2, -0.15) is 0 Å². The number of hydrogen-bond acceptors (Lipinski definition) is 3. The van der Waals surface area contributed by atoms with Gasteiger partial charge in [-0.1, -0.05) is 18.2 Å². The lowest BCUT2D eigenvalue weighted by Crippen LogP contribution is -2.38. The fourth-order valence-electron chi connectivity index (χ4n) is 2.73. The Balaban J connectivity index is 1.65. The van der Waals surface area contributed by atoms with Crippen LogP contribution in [-0.4, -0.2) is 45.6 Å². The third-order valence-corrected chi connectivity index (χ3v) is 4.01. The van der Waals surface area contributed by atoms with Crippen molar-refractivity contribution in [1.82, 2.24) is 24.8 Å². The molecular weight excluding hydrogens is 331 g/mol. The van der Waals surface area contributed by atoms with E-state index in [9.17, 15) is 4.39 Å². The Hall–Kier alpha value is -2.96. The van der Waals surface area contributed by atoms with Crippen molar-refractivity contribution in [3.8, 4) is 0 Å². The number of nitrogens with one attached hydrogen (secondary N) is 1. The van der Waals surface area contributed by atoms with Crippen LogP contribution >= 0.6 is 0 Å². The van der Waals surface area contributed by atoms with Crippen LogP contribution in [-0.2, 0) is 13.0 Å². The lowest BCUT2D eigenvalue weighted by atomic mass is 10.2. The Labute approximate surface area is 152 Å². The second-order valence-electron chi connectivity index (χ2n) is 6.01. The molecule has 1 aromatic carbocycles. The second kappa shape index (κ2) is 8.42. The molecule has 0 unspecified atom stereocenters. The number of benzene rings is 1. The summed E-state index contributed by atoms with van der Waals surface area (Å²) in [5, 5.41) is 11.7. The first-order valence-corrected chi connectivity index (χ1v) is 8.70. The molecule has 0 spiro atoms. The van der Waals surface area contributed by atoms with Crippen LogP contribution in [0.15, 0.2) is 53.7 Å². The van der Waals surface area contributed by atoms with Gasteiger partial charge in [0, 0.05) is 39.3 Å². The van der Waals surface area contributed by atoms with Crippen molar-refractivity contribution in [3.63, 3.8) is 0 Å². The SMILES string of the molecule is CCNC(=NCCc1nnc2ccccn12)N(C)Cc1ccc(F)cc1. The molecule has 0 radical (unpaired) electrons. The van der Waals surface area contributed by atoms with Crippen molar-refractivity contribution in [2.75, 3.05) is 20.1 Å². The van der Waals surface area contributed by atoms with E-state index in [2.05, 4.69) is 20.5 Å². The predicted molar refractivity (Wildman–Crippen MR) is 101 cm³/mol. The summed E-state index contributed by atoms with van der Waals surface area (Å²) in [6, 6.07) is 12.4. The first-order valence-electron chi connectivity index (χ1n) is 8.70. The quantitative estimate of drug-likeness (QED) is 0.546. The molecular formula is C19H23FN6. The average Bonchev–Trinajstić information content (AvgIpc) is 3.06. The summed E-state index contributed by atoms with van der Waals surface area (Å²) in [6.45, 7) is 4.07. The third kappa shape index (κ3) is 4.36. The van der Waals surface area contributed by atoms with Crippen LogP contribution in [0.4, 0.5) is 4.39 Å². The number of guanidine groups is 1. The van der Waals surface area contributed by atoms with Gasteiger partial charge in [0.05, 0.1) is 0 Å². The molecule has 0 aliphatic carbocycles. The summed E-state index contributed by atoms with van der Waals surface area (Å²) >= 11 is 0. The molecule has 1 N–H and O–H groups in total. The largest absolute Gasteiger partial charge is 0.357 e. The molecule has 7 heteroatoms. The van der Waals surface area contributed by atoms with Crippen molar-refractivity contribution in [2.24, 2.45) is 4.99 Å². The third-order valence-electron chi connectivity index (χ3n) is 4.01. The molecule has 0 atom stereocenters. The number of halogens is 1. The normalized spacial score (nSPS) is 11.7. The minimum absolute atomic E-state index is 0.225. The lowest BCUT2D eigenvalue weighted by molar-refractivity contribution is 0.476. The summed E-state index contributed by atoms with van der Waals surface area (Å²) < 4.78 is 15.0. The lowest BCUT2D eigenvalue weighted by Gasteiger charge is -2.22. The molecule has 3 aromatic rings. The highest BCUT2D eigenvalue weighted by atomic mass is 19.1. The molecule has 0 bridgehead atoms. The van der Waals surface area contributed by atoms with Crippen molar-refractivity contribution in [1.29, 1.82) is 0 Å². The Morgan fingerprint density at radius 2 is 2.00 bits per heavy atom. The van der Waals surface area contributed by atoms with Crippen LogP contribution in [0.2, 0.25) is 0 Å². The molecule has 26 heavy (non-hydrogen) atoms. The van der Waals surface area contributed by atoms with Crippen LogP contribution < -0.4 is 5.32 Å². The highest BCUT2D eigenvalue weighted by molar-refractivity contribution is 5.79. The molecule has 6 nitrogen and oxygen atoms in total. The van der Waals surface area contributed by atoms with E-state index < -0.39 is 0 Å². The maximum Gasteiger partial charge on any atom is 0.193 e. The number of pyridine rings is 1. The Morgan fingerprint density at radius 1 is 1.19 bits per heavy atom. The van der Waals surface area contributed by atoms with E-state index in [0.29, 0.717) is 19.5 Å². The zero-order valence-electron chi connectivity index (χ0n) is 15.1. The monoisotopic (exact) mass is 354 g/mol. The van der Waals surface area contributed by atoms with Crippen LogP contribution in [0.5, 0.6) is 0 Å². The fraction of sp³-hybridized carbons (Fsp3) is 0.316. The highest BCUT2D eigenvalue weighted by Gasteiger charge is 2.08. The summed E-state index contributed by atoms with van der Waals surface area (Å²) in [4.78, 5) is 6.71. The van der Waals surface area contributed by atoms with Crippen molar-refractivity contribution < 1.29 is 4.39 Å². The van der Waals surface area contributed by atoms with Crippen LogP contribution in [0.25, 0.3) is 5.65 Å². The Morgan fingerprint density at radius 3 is 2.77 bits per heavy atom. The highest BCUT2D eigenvalue weighted by Crippen LogP contribution is 2.07. The molecule has 0 saturated carbocycles. The molecule has 0 saturated heterocycles. The van der Waals surface area contributed by atoms with Gasteiger partial charge in [-0.25, -0.2) is 4.39 Å². The molecule has 136 valence electrons. The first kappa shape index (κ1) is 17.8. The van der Waals surface area contributed by atoms with Gasteiger partial charge < -0.3 is 10.2 Å². The van der Waals surface area contributed by atoms with Gasteiger partial charge in [-0.3, -0.25) is 9.39 Å². The number of aromatic nitrogens is 3. The number of fused-ring (bicyclic) bond motifs is 1. The van der Waals surface area contributed by atoms with E-state index in [0.717, 1.165) is 29.5 Å². The zero-order valence-corrected chi connectivity index (χ0v) is 15.1. The van der Waals surface area contributed by atoms with E-state index in [1.54, 1.807) is 12.1 Å². The Kier molecular flexibility index (Phi) is 5.78. The summed E-state index contributed by atoms with van der Waals surface area (Å²) in [7, 11) is 1.97. The number of aliphatic imine (C=N–C) groups is 1. The fourth-order valence-corrected chi connectivity index (χ4v) is 2.73. The summed E-state index contributed by atoms with van der Waals surface area (Å²) in [6.07, 6.45) is 2.66. The Bertz CT molecular complexity index is 871. The number of hydrogen-bond donors (Lipinski definition) is 1.